The Kier molecular flexibility index (Phi) is 6.54. The first-order valence-electron chi connectivity index (χ1n) is 6.19. The summed E-state index contributed by atoms with van der Waals surface area (Å²) in [5.74, 6) is 1.45. The van der Waals surface area contributed by atoms with Crippen LogP contribution in [0.1, 0.15) is 30.9 Å². The lowest BCUT2D eigenvalue weighted by molar-refractivity contribution is 0.191. The zero-order valence-electron chi connectivity index (χ0n) is 11.4. The largest absolute Gasteiger partial charge is 0.493 e. The van der Waals surface area contributed by atoms with Crippen LogP contribution in [0.15, 0.2) is 18.2 Å². The number of nitrogens with two attached hydrogens (primary N) is 1. The van der Waals surface area contributed by atoms with Gasteiger partial charge in [0.25, 0.3) is 0 Å². The second kappa shape index (κ2) is 7.95. The standard InChI is InChI=1S/C14H23NO3/c1-16-9-5-4-6-12(15)11-7-8-13(17-2)14(10-11)18-3/h7-8,10,12H,4-6,9,15H2,1-3H3. The van der Waals surface area contributed by atoms with Gasteiger partial charge < -0.3 is 19.9 Å². The van der Waals surface area contributed by atoms with Crippen LogP contribution in [0.3, 0.4) is 0 Å². The zero-order chi connectivity index (χ0) is 13.4. The molecule has 0 heterocycles. The van der Waals surface area contributed by atoms with E-state index >= 15 is 0 Å². The van der Waals surface area contributed by atoms with Crippen LogP contribution in [-0.4, -0.2) is 27.9 Å². The maximum Gasteiger partial charge on any atom is 0.161 e. The summed E-state index contributed by atoms with van der Waals surface area (Å²) in [5, 5.41) is 0. The average molecular weight is 253 g/mol. The van der Waals surface area contributed by atoms with Gasteiger partial charge in [-0.15, -0.1) is 0 Å². The van der Waals surface area contributed by atoms with E-state index in [4.69, 9.17) is 19.9 Å². The smallest absolute Gasteiger partial charge is 0.161 e. The maximum absolute atomic E-state index is 6.16. The first-order chi connectivity index (χ1) is 8.72. The van der Waals surface area contributed by atoms with E-state index in [0.29, 0.717) is 0 Å². The van der Waals surface area contributed by atoms with Crippen LogP contribution < -0.4 is 15.2 Å². The van der Waals surface area contributed by atoms with Crippen LogP contribution in [0.5, 0.6) is 11.5 Å². The van der Waals surface area contributed by atoms with E-state index in [2.05, 4.69) is 0 Å². The van der Waals surface area contributed by atoms with Crippen molar-refractivity contribution in [1.29, 1.82) is 0 Å². The molecule has 4 nitrogen and oxygen atoms in total. The van der Waals surface area contributed by atoms with E-state index in [0.717, 1.165) is 42.9 Å². The molecular weight excluding hydrogens is 230 g/mol. The fourth-order valence-electron chi connectivity index (χ4n) is 1.86. The highest BCUT2D eigenvalue weighted by atomic mass is 16.5. The summed E-state index contributed by atoms with van der Waals surface area (Å²) in [7, 11) is 4.97. The Morgan fingerprint density at radius 2 is 1.78 bits per heavy atom. The predicted octanol–water partition coefficient (Wildman–Crippen LogP) is 2.52. The molecule has 4 heteroatoms. The predicted molar refractivity (Wildman–Crippen MR) is 72.2 cm³/mol. The highest BCUT2D eigenvalue weighted by Gasteiger charge is 2.10. The molecule has 0 aliphatic carbocycles. The second-order valence-corrected chi connectivity index (χ2v) is 4.21. The molecule has 102 valence electrons. The minimum absolute atomic E-state index is 0.0293. The van der Waals surface area contributed by atoms with Gasteiger partial charge >= 0.3 is 0 Å². The third kappa shape index (κ3) is 4.20. The van der Waals surface area contributed by atoms with E-state index in [1.165, 1.54) is 0 Å². The molecule has 0 aromatic heterocycles. The summed E-state index contributed by atoms with van der Waals surface area (Å²) in [6, 6.07) is 5.85. The topological polar surface area (TPSA) is 53.7 Å². The number of hydrogen-bond donors (Lipinski definition) is 1. The van der Waals surface area contributed by atoms with E-state index in [1.807, 2.05) is 18.2 Å². The van der Waals surface area contributed by atoms with Gasteiger partial charge in [0.15, 0.2) is 11.5 Å². The Morgan fingerprint density at radius 3 is 2.39 bits per heavy atom. The summed E-state index contributed by atoms with van der Waals surface area (Å²) < 4.78 is 15.5. The van der Waals surface area contributed by atoms with Crippen molar-refractivity contribution in [2.24, 2.45) is 5.73 Å². The van der Waals surface area contributed by atoms with Gasteiger partial charge in [-0.3, -0.25) is 0 Å². The number of hydrogen-bond acceptors (Lipinski definition) is 4. The van der Waals surface area contributed by atoms with E-state index < -0.39 is 0 Å². The number of methoxy groups -OCH3 is 3. The molecule has 0 radical (unpaired) electrons. The third-order valence-corrected chi connectivity index (χ3v) is 2.95. The Bertz CT molecular complexity index is 355. The fourth-order valence-corrected chi connectivity index (χ4v) is 1.86. The summed E-state index contributed by atoms with van der Waals surface area (Å²) in [5.41, 5.74) is 7.23. The number of unbranched alkanes of at least 4 members (excludes halogenated alkanes) is 1. The molecule has 0 saturated carbocycles. The molecule has 2 N–H and O–H groups in total. The third-order valence-electron chi connectivity index (χ3n) is 2.95. The summed E-state index contributed by atoms with van der Waals surface area (Å²) in [4.78, 5) is 0. The maximum atomic E-state index is 6.16. The Morgan fingerprint density at radius 1 is 1.06 bits per heavy atom. The molecule has 0 aliphatic rings. The van der Waals surface area contributed by atoms with Crippen LogP contribution in [0.25, 0.3) is 0 Å². The molecule has 0 bridgehead atoms. The van der Waals surface area contributed by atoms with Crippen LogP contribution >= 0.6 is 0 Å². The minimum atomic E-state index is 0.0293. The molecule has 0 fully saturated rings. The van der Waals surface area contributed by atoms with Crippen molar-refractivity contribution in [3.8, 4) is 11.5 Å². The van der Waals surface area contributed by atoms with Crippen molar-refractivity contribution >= 4 is 0 Å². The molecule has 1 atom stereocenters. The van der Waals surface area contributed by atoms with Crippen molar-refractivity contribution in [3.63, 3.8) is 0 Å². The summed E-state index contributed by atoms with van der Waals surface area (Å²) >= 11 is 0. The molecule has 18 heavy (non-hydrogen) atoms. The van der Waals surface area contributed by atoms with Crippen LogP contribution in [-0.2, 0) is 4.74 Å². The lowest BCUT2D eigenvalue weighted by Gasteiger charge is -2.14. The van der Waals surface area contributed by atoms with Crippen molar-refractivity contribution < 1.29 is 14.2 Å². The summed E-state index contributed by atoms with van der Waals surface area (Å²) in [6.07, 6.45) is 3.04. The molecule has 1 rings (SSSR count). The highest BCUT2D eigenvalue weighted by Crippen LogP contribution is 2.30. The second-order valence-electron chi connectivity index (χ2n) is 4.21. The molecule has 0 spiro atoms. The van der Waals surface area contributed by atoms with Gasteiger partial charge in [-0.1, -0.05) is 6.07 Å². The number of rotatable bonds is 8. The van der Waals surface area contributed by atoms with Crippen molar-refractivity contribution in [2.45, 2.75) is 25.3 Å². The first-order valence-corrected chi connectivity index (χ1v) is 6.19. The van der Waals surface area contributed by atoms with E-state index in [1.54, 1.807) is 21.3 Å². The number of benzene rings is 1. The van der Waals surface area contributed by atoms with E-state index in [9.17, 15) is 0 Å². The Hall–Kier alpha value is -1.26. The molecular formula is C14H23NO3. The normalized spacial score (nSPS) is 12.2. The van der Waals surface area contributed by atoms with Gasteiger partial charge in [-0.25, -0.2) is 0 Å². The average Bonchev–Trinajstić information content (AvgIpc) is 2.42. The van der Waals surface area contributed by atoms with Gasteiger partial charge in [0, 0.05) is 19.8 Å². The molecule has 0 saturated heterocycles. The lowest BCUT2D eigenvalue weighted by Crippen LogP contribution is -2.10. The minimum Gasteiger partial charge on any atom is -0.493 e. The summed E-state index contributed by atoms with van der Waals surface area (Å²) in [6.45, 7) is 0.790. The molecule has 0 amide bonds. The number of ether oxygens (including phenoxy) is 3. The zero-order valence-corrected chi connectivity index (χ0v) is 11.4. The molecule has 0 aliphatic heterocycles. The van der Waals surface area contributed by atoms with Crippen molar-refractivity contribution in [2.75, 3.05) is 27.9 Å². The Balaban J connectivity index is 2.59. The van der Waals surface area contributed by atoms with E-state index in [-0.39, 0.29) is 6.04 Å². The first kappa shape index (κ1) is 14.8. The molecule has 1 aromatic carbocycles. The lowest BCUT2D eigenvalue weighted by atomic mass is 10.0. The van der Waals surface area contributed by atoms with Crippen LogP contribution in [0, 0.1) is 0 Å². The quantitative estimate of drug-likeness (QED) is 0.723. The van der Waals surface area contributed by atoms with Gasteiger partial charge in [0.05, 0.1) is 14.2 Å². The van der Waals surface area contributed by atoms with Gasteiger partial charge in [0.2, 0.25) is 0 Å². The van der Waals surface area contributed by atoms with Crippen molar-refractivity contribution in [1.82, 2.24) is 0 Å². The fraction of sp³-hybridized carbons (Fsp3) is 0.571. The van der Waals surface area contributed by atoms with Gasteiger partial charge in [-0.2, -0.15) is 0 Å². The Labute approximate surface area is 109 Å². The van der Waals surface area contributed by atoms with Gasteiger partial charge in [-0.05, 0) is 37.0 Å². The highest BCUT2D eigenvalue weighted by molar-refractivity contribution is 5.43. The van der Waals surface area contributed by atoms with Crippen LogP contribution in [0.4, 0.5) is 0 Å². The molecule has 1 aromatic rings. The van der Waals surface area contributed by atoms with Crippen molar-refractivity contribution in [3.05, 3.63) is 23.8 Å². The monoisotopic (exact) mass is 253 g/mol. The van der Waals surface area contributed by atoms with Crippen LogP contribution in [0.2, 0.25) is 0 Å². The molecule has 1 unspecified atom stereocenters. The SMILES string of the molecule is COCCCCC(N)c1ccc(OC)c(OC)c1. The van der Waals surface area contributed by atoms with Gasteiger partial charge in [0.1, 0.15) is 0 Å².